The van der Waals surface area contributed by atoms with E-state index in [1.807, 2.05) is 30.0 Å². The van der Waals surface area contributed by atoms with Gasteiger partial charge in [0.25, 0.3) is 0 Å². The highest BCUT2D eigenvalue weighted by molar-refractivity contribution is 6.31. The van der Waals surface area contributed by atoms with E-state index in [0.29, 0.717) is 5.92 Å². The Morgan fingerprint density at radius 3 is 2.55 bits per heavy atom. The molecule has 0 aromatic heterocycles. The van der Waals surface area contributed by atoms with Crippen LogP contribution in [0.2, 0.25) is 5.02 Å². The zero-order chi connectivity index (χ0) is 20.5. The van der Waals surface area contributed by atoms with Crippen LogP contribution in [-0.2, 0) is 11.3 Å². The topological polar surface area (TPSA) is 60.0 Å². The number of carbonyl (C=O) groups is 1. The Morgan fingerprint density at radius 2 is 1.86 bits per heavy atom. The highest BCUT2D eigenvalue weighted by atomic mass is 35.5. The molecule has 0 saturated carbocycles. The average Bonchev–Trinajstić information content (AvgIpc) is 3.28. The van der Waals surface area contributed by atoms with E-state index in [2.05, 4.69) is 26.6 Å². The zero-order valence-electron chi connectivity index (χ0n) is 17.5. The van der Waals surface area contributed by atoms with E-state index in [0.717, 1.165) is 82.5 Å². The minimum atomic E-state index is 0.132. The molecule has 6 nitrogen and oxygen atoms in total. The molecule has 0 aliphatic carbocycles. The molecule has 2 heterocycles. The summed E-state index contributed by atoms with van der Waals surface area (Å²) in [6, 6.07) is 8.10. The number of benzene rings is 1. The van der Waals surface area contributed by atoms with Crippen molar-refractivity contribution in [3.05, 3.63) is 34.9 Å². The van der Waals surface area contributed by atoms with Gasteiger partial charge in [0, 0.05) is 37.7 Å². The van der Waals surface area contributed by atoms with Gasteiger partial charge in [0.1, 0.15) is 6.54 Å². The van der Waals surface area contributed by atoms with Crippen molar-refractivity contribution in [2.24, 2.45) is 10.9 Å². The fourth-order valence-electron chi connectivity index (χ4n) is 4.01. The normalized spacial score (nSPS) is 18.8. The van der Waals surface area contributed by atoms with Crippen molar-refractivity contribution in [3.63, 3.8) is 0 Å². The Bertz CT molecular complexity index is 682. The number of hydrogen-bond acceptors (Lipinski definition) is 3. The summed E-state index contributed by atoms with van der Waals surface area (Å²) in [6.07, 6.45) is 4.54. The van der Waals surface area contributed by atoms with E-state index in [4.69, 9.17) is 11.6 Å². The molecule has 1 aromatic rings. The number of carbonyl (C=O) groups excluding carboxylic acids is 1. The van der Waals surface area contributed by atoms with Gasteiger partial charge in [-0.3, -0.25) is 9.69 Å². The summed E-state index contributed by atoms with van der Waals surface area (Å²) in [5.74, 6) is 1.50. The Labute approximate surface area is 179 Å². The van der Waals surface area contributed by atoms with Gasteiger partial charge in [-0.15, -0.1) is 0 Å². The van der Waals surface area contributed by atoms with Crippen LogP contribution in [0.1, 0.15) is 38.2 Å². The van der Waals surface area contributed by atoms with Crippen molar-refractivity contribution in [3.8, 4) is 0 Å². The van der Waals surface area contributed by atoms with Crippen molar-refractivity contribution in [1.82, 2.24) is 20.4 Å². The van der Waals surface area contributed by atoms with Gasteiger partial charge in [0.05, 0.1) is 0 Å². The molecule has 2 aliphatic rings. The predicted octanol–water partition coefficient (Wildman–Crippen LogP) is 2.73. The minimum absolute atomic E-state index is 0.132. The molecule has 1 aromatic carbocycles. The SMILES string of the molecule is CCNC(=NCC(=O)N1CCCC1)NCC1CCN(Cc2ccccc2Cl)CC1. The third-order valence-electron chi connectivity index (χ3n) is 5.79. The Balaban J connectivity index is 1.40. The number of guanidine groups is 1. The number of rotatable bonds is 7. The second-order valence-corrected chi connectivity index (χ2v) is 8.38. The van der Waals surface area contributed by atoms with Gasteiger partial charge in [-0.05, 0) is 63.2 Å². The van der Waals surface area contributed by atoms with Gasteiger partial charge in [0.2, 0.25) is 5.91 Å². The summed E-state index contributed by atoms with van der Waals surface area (Å²) in [5, 5.41) is 7.55. The number of likely N-dealkylation sites (tertiary alicyclic amines) is 2. The van der Waals surface area contributed by atoms with Gasteiger partial charge in [-0.1, -0.05) is 29.8 Å². The van der Waals surface area contributed by atoms with Gasteiger partial charge in [-0.25, -0.2) is 4.99 Å². The molecule has 3 rings (SSSR count). The van der Waals surface area contributed by atoms with E-state index in [9.17, 15) is 4.79 Å². The fraction of sp³-hybridized carbons (Fsp3) is 0.636. The van der Waals surface area contributed by atoms with E-state index >= 15 is 0 Å². The molecule has 2 saturated heterocycles. The van der Waals surface area contributed by atoms with Crippen molar-refractivity contribution in [1.29, 1.82) is 0 Å². The molecule has 0 unspecified atom stereocenters. The Kier molecular flexibility index (Phi) is 8.62. The minimum Gasteiger partial charge on any atom is -0.357 e. The number of piperidine rings is 1. The maximum absolute atomic E-state index is 12.2. The molecular formula is C22H34ClN5O. The maximum Gasteiger partial charge on any atom is 0.244 e. The number of amides is 1. The summed E-state index contributed by atoms with van der Waals surface area (Å²) >= 11 is 6.30. The van der Waals surface area contributed by atoms with Crippen molar-refractivity contribution in [2.45, 2.75) is 39.2 Å². The molecule has 0 radical (unpaired) electrons. The molecule has 7 heteroatoms. The molecule has 2 fully saturated rings. The molecule has 0 bridgehead atoms. The zero-order valence-corrected chi connectivity index (χ0v) is 18.3. The van der Waals surface area contributed by atoms with Crippen LogP contribution in [-0.4, -0.2) is 67.5 Å². The lowest BCUT2D eigenvalue weighted by Gasteiger charge is -2.32. The van der Waals surface area contributed by atoms with Crippen LogP contribution in [0.3, 0.4) is 0 Å². The second kappa shape index (κ2) is 11.4. The largest absolute Gasteiger partial charge is 0.357 e. The van der Waals surface area contributed by atoms with Crippen molar-refractivity contribution < 1.29 is 4.79 Å². The lowest BCUT2D eigenvalue weighted by atomic mass is 9.96. The monoisotopic (exact) mass is 419 g/mol. The number of hydrogen-bond donors (Lipinski definition) is 2. The van der Waals surface area contributed by atoms with Crippen LogP contribution in [0.25, 0.3) is 0 Å². The highest BCUT2D eigenvalue weighted by Gasteiger charge is 2.20. The lowest BCUT2D eigenvalue weighted by molar-refractivity contribution is -0.128. The van der Waals surface area contributed by atoms with Crippen LogP contribution in [0.5, 0.6) is 0 Å². The Morgan fingerprint density at radius 1 is 1.14 bits per heavy atom. The molecule has 0 spiro atoms. The predicted molar refractivity (Wildman–Crippen MR) is 119 cm³/mol. The van der Waals surface area contributed by atoms with Crippen LogP contribution in [0.15, 0.2) is 29.3 Å². The maximum atomic E-state index is 12.2. The number of nitrogens with zero attached hydrogens (tertiary/aromatic N) is 3. The average molecular weight is 420 g/mol. The summed E-state index contributed by atoms with van der Waals surface area (Å²) in [5.41, 5.74) is 1.20. The lowest BCUT2D eigenvalue weighted by Crippen LogP contribution is -2.43. The van der Waals surface area contributed by atoms with Crippen LogP contribution >= 0.6 is 11.6 Å². The summed E-state index contributed by atoms with van der Waals surface area (Å²) in [6.45, 7) is 8.80. The van der Waals surface area contributed by atoms with Crippen LogP contribution in [0.4, 0.5) is 0 Å². The molecule has 29 heavy (non-hydrogen) atoms. The van der Waals surface area contributed by atoms with E-state index in [1.165, 1.54) is 5.56 Å². The van der Waals surface area contributed by atoms with Gasteiger partial charge < -0.3 is 15.5 Å². The van der Waals surface area contributed by atoms with Gasteiger partial charge in [0.15, 0.2) is 5.96 Å². The molecule has 0 atom stereocenters. The smallest absolute Gasteiger partial charge is 0.244 e. The Hall–Kier alpha value is -1.79. The molecule has 160 valence electrons. The van der Waals surface area contributed by atoms with E-state index in [1.54, 1.807) is 0 Å². The summed E-state index contributed by atoms with van der Waals surface area (Å²) in [4.78, 5) is 21.1. The quantitative estimate of drug-likeness (QED) is 0.527. The standard InChI is InChI=1S/C22H34ClN5O/c1-2-24-22(26-16-21(29)28-11-5-6-12-28)25-15-18-9-13-27(14-10-18)17-19-7-3-4-8-20(19)23/h3-4,7-8,18H,2,5-6,9-17H2,1H3,(H2,24,25,26). The fourth-order valence-corrected chi connectivity index (χ4v) is 4.21. The highest BCUT2D eigenvalue weighted by Crippen LogP contribution is 2.21. The van der Waals surface area contributed by atoms with Crippen LogP contribution in [0, 0.1) is 5.92 Å². The molecule has 1 amide bonds. The van der Waals surface area contributed by atoms with Crippen LogP contribution < -0.4 is 10.6 Å². The number of nitrogens with one attached hydrogen (secondary N) is 2. The summed E-state index contributed by atoms with van der Waals surface area (Å²) < 4.78 is 0. The summed E-state index contributed by atoms with van der Waals surface area (Å²) in [7, 11) is 0. The van der Waals surface area contributed by atoms with Gasteiger partial charge in [-0.2, -0.15) is 0 Å². The van der Waals surface area contributed by atoms with E-state index < -0.39 is 0 Å². The number of halogens is 1. The van der Waals surface area contributed by atoms with Gasteiger partial charge >= 0.3 is 0 Å². The van der Waals surface area contributed by atoms with E-state index in [-0.39, 0.29) is 12.5 Å². The first kappa shape index (κ1) is 21.9. The van der Waals surface area contributed by atoms with Crippen molar-refractivity contribution in [2.75, 3.05) is 45.8 Å². The number of aliphatic imine (C=N–C) groups is 1. The molecule has 2 N–H and O–H groups in total. The van der Waals surface area contributed by atoms with Crippen molar-refractivity contribution >= 4 is 23.5 Å². The first-order chi connectivity index (χ1) is 14.2. The second-order valence-electron chi connectivity index (χ2n) is 7.97. The molecule has 2 aliphatic heterocycles. The molecular weight excluding hydrogens is 386 g/mol. The first-order valence-electron chi connectivity index (χ1n) is 10.9. The third-order valence-corrected chi connectivity index (χ3v) is 6.16. The first-order valence-corrected chi connectivity index (χ1v) is 11.3. The third kappa shape index (κ3) is 6.89.